The summed E-state index contributed by atoms with van der Waals surface area (Å²) in [6.07, 6.45) is 0. The van der Waals surface area contributed by atoms with E-state index in [1.54, 1.807) is 6.92 Å². The number of rotatable bonds is 6. The van der Waals surface area contributed by atoms with Crippen LogP contribution in [-0.2, 0) is 32.4 Å². The zero-order valence-corrected chi connectivity index (χ0v) is 14.4. The number of hydrogen-bond acceptors (Lipinski definition) is 8. The van der Waals surface area contributed by atoms with Crippen LogP contribution in [0, 0.1) is 0 Å². The van der Waals surface area contributed by atoms with E-state index in [4.69, 9.17) is 18.0 Å². The van der Waals surface area contributed by atoms with Crippen LogP contribution in [-0.4, -0.2) is 64.5 Å². The first-order valence-corrected chi connectivity index (χ1v) is 8.94. The summed E-state index contributed by atoms with van der Waals surface area (Å²) in [5.74, 6) is -1.95. The van der Waals surface area contributed by atoms with Gasteiger partial charge >= 0.3 is 8.80 Å². The third-order valence-electron chi connectivity index (χ3n) is 3.10. The molecule has 9 heteroatoms. The second-order valence-corrected chi connectivity index (χ2v) is 8.00. The van der Waals surface area contributed by atoms with Gasteiger partial charge in [-0.2, -0.15) is 0 Å². The van der Waals surface area contributed by atoms with Gasteiger partial charge in [-0.3, -0.25) is 19.3 Å². The average Bonchev–Trinajstić information content (AvgIpc) is 2.37. The Morgan fingerprint density at radius 2 is 1.41 bits per heavy atom. The van der Waals surface area contributed by atoms with Gasteiger partial charge < -0.3 is 18.0 Å². The number of ether oxygens (including phenoxy) is 1. The molecule has 0 aromatic carbocycles. The van der Waals surface area contributed by atoms with Crippen LogP contribution in [0.2, 0.25) is 5.54 Å². The number of carbonyl (C=O) groups excluding carboxylic acids is 3. The lowest BCUT2D eigenvalue weighted by molar-refractivity contribution is -0.148. The first-order valence-electron chi connectivity index (χ1n) is 7.14. The lowest BCUT2D eigenvalue weighted by Crippen LogP contribution is -2.55. The van der Waals surface area contributed by atoms with Gasteiger partial charge in [0.1, 0.15) is 0 Å². The Morgan fingerprint density at radius 1 is 1.00 bits per heavy atom. The minimum Gasteiger partial charge on any atom is -0.455 e. The van der Waals surface area contributed by atoms with Gasteiger partial charge in [-0.1, -0.05) is 6.92 Å². The van der Waals surface area contributed by atoms with Gasteiger partial charge in [0, 0.05) is 40.4 Å². The minimum absolute atomic E-state index is 0.428. The molecule has 1 unspecified atom stereocenters. The maximum Gasteiger partial charge on any atom is 0.709 e. The quantitative estimate of drug-likeness (QED) is 0.643. The van der Waals surface area contributed by atoms with Crippen molar-refractivity contribution in [3.05, 3.63) is 0 Å². The van der Waals surface area contributed by atoms with E-state index in [1.165, 1.54) is 20.8 Å². The normalized spacial score (nSPS) is 17.5. The summed E-state index contributed by atoms with van der Waals surface area (Å²) in [5, 5.41) is 0. The van der Waals surface area contributed by atoms with Crippen LogP contribution in [0.15, 0.2) is 0 Å². The second kappa shape index (κ2) is 8.25. The van der Waals surface area contributed by atoms with Gasteiger partial charge in [-0.15, -0.1) is 0 Å². The standard InChI is InChI=1S/C13H23NO7Si/c1-10(9-14-5-7-18-8-6-14)22(19-11(2)15,20-12(3)16)21-13(4)17/h10H,5-9H2,1-4H3. The Labute approximate surface area is 131 Å². The Balaban J connectivity index is 2.94. The molecule has 0 amide bonds. The van der Waals surface area contributed by atoms with Crippen molar-refractivity contribution in [2.24, 2.45) is 0 Å². The third kappa shape index (κ3) is 5.74. The summed E-state index contributed by atoms with van der Waals surface area (Å²) in [6.45, 7) is 8.44. The molecule has 1 heterocycles. The van der Waals surface area contributed by atoms with Crippen molar-refractivity contribution in [3.8, 4) is 0 Å². The highest BCUT2D eigenvalue weighted by atomic mass is 28.4. The highest BCUT2D eigenvalue weighted by Crippen LogP contribution is 2.28. The highest BCUT2D eigenvalue weighted by Gasteiger charge is 2.57. The molecule has 1 saturated heterocycles. The molecular weight excluding hydrogens is 310 g/mol. The molecule has 8 nitrogen and oxygen atoms in total. The smallest absolute Gasteiger partial charge is 0.455 e. The largest absolute Gasteiger partial charge is 0.709 e. The van der Waals surface area contributed by atoms with Crippen LogP contribution in [0.4, 0.5) is 0 Å². The van der Waals surface area contributed by atoms with Crippen LogP contribution in [0.25, 0.3) is 0 Å². The maximum atomic E-state index is 11.4. The molecule has 0 aromatic rings. The van der Waals surface area contributed by atoms with Gasteiger partial charge in [-0.05, 0) is 0 Å². The molecule has 0 saturated carbocycles. The van der Waals surface area contributed by atoms with Crippen molar-refractivity contribution >= 4 is 26.7 Å². The third-order valence-corrected chi connectivity index (χ3v) is 6.20. The number of carbonyl (C=O) groups is 3. The van der Waals surface area contributed by atoms with Crippen LogP contribution >= 0.6 is 0 Å². The van der Waals surface area contributed by atoms with E-state index < -0.39 is 32.3 Å². The fourth-order valence-electron chi connectivity index (χ4n) is 2.25. The molecule has 0 aliphatic carbocycles. The molecule has 0 N–H and O–H groups in total. The summed E-state index contributed by atoms with van der Waals surface area (Å²) in [4.78, 5) is 36.3. The Hall–Kier alpha value is -1.45. The predicted octanol–water partition coefficient (Wildman–Crippen LogP) is 0.337. The average molecular weight is 333 g/mol. The Morgan fingerprint density at radius 3 is 1.77 bits per heavy atom. The zero-order chi connectivity index (χ0) is 16.8. The van der Waals surface area contributed by atoms with E-state index in [-0.39, 0.29) is 0 Å². The second-order valence-electron chi connectivity index (χ2n) is 5.20. The minimum atomic E-state index is -3.80. The summed E-state index contributed by atoms with van der Waals surface area (Å²) in [6, 6.07) is 0. The molecule has 126 valence electrons. The van der Waals surface area contributed by atoms with E-state index in [2.05, 4.69) is 4.90 Å². The van der Waals surface area contributed by atoms with Gasteiger partial charge in [0.25, 0.3) is 17.9 Å². The van der Waals surface area contributed by atoms with E-state index in [1.807, 2.05) is 0 Å². The van der Waals surface area contributed by atoms with E-state index in [0.29, 0.717) is 19.8 Å². The van der Waals surface area contributed by atoms with Crippen LogP contribution in [0.3, 0.4) is 0 Å². The Kier molecular flexibility index (Phi) is 6.97. The van der Waals surface area contributed by atoms with Crippen molar-refractivity contribution in [2.75, 3.05) is 32.8 Å². The first kappa shape index (κ1) is 18.6. The SMILES string of the molecule is CC(=O)O[Si](OC(C)=O)(OC(C)=O)C(C)CN1CCOCC1. The van der Waals surface area contributed by atoms with Crippen molar-refractivity contribution in [1.29, 1.82) is 0 Å². The summed E-state index contributed by atoms with van der Waals surface area (Å²) < 4.78 is 20.9. The van der Waals surface area contributed by atoms with E-state index in [0.717, 1.165) is 13.1 Å². The van der Waals surface area contributed by atoms with Gasteiger partial charge in [0.2, 0.25) is 0 Å². The van der Waals surface area contributed by atoms with Gasteiger partial charge in [-0.25, -0.2) is 0 Å². The van der Waals surface area contributed by atoms with Gasteiger partial charge in [0.15, 0.2) is 0 Å². The molecule has 1 atom stereocenters. The molecule has 1 aliphatic rings. The molecule has 1 fully saturated rings. The topological polar surface area (TPSA) is 91.4 Å². The van der Waals surface area contributed by atoms with Gasteiger partial charge in [0.05, 0.1) is 18.8 Å². The van der Waals surface area contributed by atoms with Crippen LogP contribution in [0.5, 0.6) is 0 Å². The molecule has 0 bridgehead atoms. The molecule has 0 spiro atoms. The van der Waals surface area contributed by atoms with Crippen molar-refractivity contribution in [1.82, 2.24) is 4.90 Å². The molecule has 22 heavy (non-hydrogen) atoms. The van der Waals surface area contributed by atoms with Crippen molar-refractivity contribution < 1.29 is 32.4 Å². The molecular formula is C13H23NO7Si. The lowest BCUT2D eigenvalue weighted by atomic mass is 10.3. The highest BCUT2D eigenvalue weighted by molar-refractivity contribution is 6.67. The van der Waals surface area contributed by atoms with Crippen molar-refractivity contribution in [2.45, 2.75) is 33.2 Å². The fourth-order valence-corrected chi connectivity index (χ4v) is 4.66. The molecule has 1 rings (SSSR count). The first-order chi connectivity index (χ1) is 10.2. The summed E-state index contributed by atoms with van der Waals surface area (Å²) in [5.41, 5.74) is -0.428. The number of morpholine rings is 1. The lowest BCUT2D eigenvalue weighted by Gasteiger charge is -2.34. The summed E-state index contributed by atoms with van der Waals surface area (Å²) in [7, 11) is -3.80. The van der Waals surface area contributed by atoms with Crippen LogP contribution in [0.1, 0.15) is 27.7 Å². The summed E-state index contributed by atoms with van der Waals surface area (Å²) >= 11 is 0. The Bertz CT molecular complexity index is 382. The molecule has 0 aromatic heterocycles. The predicted molar refractivity (Wildman–Crippen MR) is 77.7 cm³/mol. The number of hydrogen-bond donors (Lipinski definition) is 0. The monoisotopic (exact) mass is 333 g/mol. The van der Waals surface area contributed by atoms with E-state index >= 15 is 0 Å². The zero-order valence-electron chi connectivity index (χ0n) is 13.4. The maximum absolute atomic E-state index is 11.4. The van der Waals surface area contributed by atoms with E-state index in [9.17, 15) is 14.4 Å². The molecule has 0 radical (unpaired) electrons. The fraction of sp³-hybridized carbons (Fsp3) is 0.769. The van der Waals surface area contributed by atoms with Crippen molar-refractivity contribution in [3.63, 3.8) is 0 Å². The molecule has 1 aliphatic heterocycles. The van der Waals surface area contributed by atoms with Crippen LogP contribution < -0.4 is 0 Å². The number of nitrogens with zero attached hydrogens (tertiary/aromatic N) is 1.